The highest BCUT2D eigenvalue weighted by Crippen LogP contribution is 2.68. The van der Waals surface area contributed by atoms with Crippen molar-refractivity contribution in [3.63, 3.8) is 0 Å². The maximum Gasteiger partial charge on any atom is 0.184 e. The summed E-state index contributed by atoms with van der Waals surface area (Å²) in [5.74, 6) is 2.98. The molecule has 0 aromatic carbocycles. The molecule has 4 saturated carbocycles. The first-order chi connectivity index (χ1) is 17.8. The Morgan fingerprint density at radius 3 is 2.03 bits per heavy atom. The van der Waals surface area contributed by atoms with Crippen molar-refractivity contribution in [3.8, 4) is 0 Å². The van der Waals surface area contributed by atoms with Gasteiger partial charge in [-0.2, -0.15) is 0 Å². The molecule has 0 amide bonds. The molecule has 0 N–H and O–H groups in total. The summed E-state index contributed by atoms with van der Waals surface area (Å²) in [6.07, 6.45) is 9.24. The molecule has 226 valence electrons. The summed E-state index contributed by atoms with van der Waals surface area (Å²) in [5.41, 5.74) is 1.60. The van der Waals surface area contributed by atoms with Gasteiger partial charge < -0.3 is 18.1 Å². The Kier molecular flexibility index (Phi) is 8.95. The number of oxime groups is 1. The van der Waals surface area contributed by atoms with Crippen molar-refractivity contribution in [3.05, 3.63) is 0 Å². The largest absolute Gasteiger partial charge is 0.415 e. The van der Waals surface area contributed by atoms with Gasteiger partial charge in [-0.3, -0.25) is 0 Å². The molecule has 0 spiro atoms. The van der Waals surface area contributed by atoms with Gasteiger partial charge in [0.1, 0.15) is 7.11 Å². The van der Waals surface area contributed by atoms with Crippen LogP contribution in [0.3, 0.4) is 0 Å². The molecule has 8 heteroatoms. The maximum absolute atomic E-state index is 7.19. The van der Waals surface area contributed by atoms with Gasteiger partial charge in [-0.1, -0.05) is 19.0 Å². The fourth-order valence-corrected chi connectivity index (χ4v) is 13.6. The molecular formula is C31H61NO4Si3. The van der Waals surface area contributed by atoms with Crippen molar-refractivity contribution in [1.82, 2.24) is 0 Å². The molecule has 4 aliphatic carbocycles. The van der Waals surface area contributed by atoms with Crippen molar-refractivity contribution < 1.29 is 18.1 Å². The molecule has 0 aromatic rings. The van der Waals surface area contributed by atoms with Crippen LogP contribution in [0.2, 0.25) is 58.9 Å². The van der Waals surface area contributed by atoms with E-state index in [2.05, 4.69) is 79.7 Å². The smallest absolute Gasteiger partial charge is 0.184 e. The molecule has 0 aromatic heterocycles. The van der Waals surface area contributed by atoms with Gasteiger partial charge in [0.2, 0.25) is 0 Å². The minimum atomic E-state index is -1.77. The quantitative estimate of drug-likeness (QED) is 0.208. The summed E-state index contributed by atoms with van der Waals surface area (Å²) in [5, 5.41) is 4.90. The molecule has 5 nitrogen and oxygen atoms in total. The van der Waals surface area contributed by atoms with Gasteiger partial charge in [0.15, 0.2) is 25.0 Å². The predicted octanol–water partition coefficient (Wildman–Crippen LogP) is 8.55. The molecule has 4 aliphatic rings. The molecule has 10 unspecified atom stereocenters. The average Bonchev–Trinajstić information content (AvgIpc) is 3.08. The summed E-state index contributed by atoms with van der Waals surface area (Å²) in [7, 11) is -3.27. The Balaban J connectivity index is 1.72. The van der Waals surface area contributed by atoms with E-state index in [1.165, 1.54) is 37.8 Å². The normalized spacial score (nSPS) is 43.0. The summed E-state index contributed by atoms with van der Waals surface area (Å²) < 4.78 is 20.7. The van der Waals surface area contributed by atoms with Crippen LogP contribution in [0.4, 0.5) is 0 Å². The third-order valence-electron chi connectivity index (χ3n) is 10.8. The summed E-state index contributed by atoms with van der Waals surface area (Å²) >= 11 is 0. The van der Waals surface area contributed by atoms with Crippen LogP contribution in [0.1, 0.15) is 65.7 Å². The monoisotopic (exact) mass is 595 g/mol. The zero-order valence-electron chi connectivity index (χ0n) is 27.6. The van der Waals surface area contributed by atoms with Crippen LogP contribution in [-0.4, -0.2) is 56.1 Å². The van der Waals surface area contributed by atoms with E-state index in [1.807, 2.05) is 0 Å². The minimum Gasteiger partial charge on any atom is -0.415 e. The molecule has 39 heavy (non-hydrogen) atoms. The second kappa shape index (κ2) is 10.9. The average molecular weight is 596 g/mol. The lowest BCUT2D eigenvalue weighted by Gasteiger charge is -2.64. The molecule has 4 fully saturated rings. The first-order valence-corrected chi connectivity index (χ1v) is 26.1. The molecule has 0 saturated heterocycles. The molecule has 10 atom stereocenters. The van der Waals surface area contributed by atoms with Crippen LogP contribution in [-0.2, 0) is 18.1 Å². The number of rotatable bonds is 8. The summed E-state index contributed by atoms with van der Waals surface area (Å²) in [6.45, 7) is 28.6. The van der Waals surface area contributed by atoms with Gasteiger partial charge >= 0.3 is 0 Å². The summed E-state index contributed by atoms with van der Waals surface area (Å²) in [4.78, 5) is 5.66. The van der Waals surface area contributed by atoms with Gasteiger partial charge in [-0.15, -0.1) is 0 Å². The first-order valence-electron chi connectivity index (χ1n) is 15.9. The molecule has 0 radical (unpaired) electrons. The highest BCUT2D eigenvalue weighted by atomic mass is 28.4. The highest BCUT2D eigenvalue weighted by molar-refractivity contribution is 6.70. The Morgan fingerprint density at radius 2 is 1.46 bits per heavy atom. The number of hydrogen-bond donors (Lipinski definition) is 0. The Bertz CT molecular complexity index is 909. The van der Waals surface area contributed by atoms with E-state index in [0.717, 1.165) is 18.8 Å². The maximum atomic E-state index is 7.19. The number of hydrogen-bond acceptors (Lipinski definition) is 5. The van der Waals surface area contributed by atoms with E-state index in [1.54, 1.807) is 7.11 Å². The Labute approximate surface area is 243 Å². The predicted molar refractivity (Wildman–Crippen MR) is 171 cm³/mol. The Morgan fingerprint density at radius 1 is 0.821 bits per heavy atom. The van der Waals surface area contributed by atoms with Crippen molar-refractivity contribution in [2.24, 2.45) is 45.6 Å². The van der Waals surface area contributed by atoms with Gasteiger partial charge in [0.05, 0.1) is 11.8 Å². The highest BCUT2D eigenvalue weighted by Gasteiger charge is 2.66. The third kappa shape index (κ3) is 6.51. The fraction of sp³-hybridized carbons (Fsp3) is 0.968. The van der Waals surface area contributed by atoms with Gasteiger partial charge in [-0.05, 0) is 140 Å². The van der Waals surface area contributed by atoms with E-state index in [0.29, 0.717) is 35.9 Å². The molecule has 4 rings (SSSR count). The second-order valence-electron chi connectivity index (χ2n) is 17.0. The van der Waals surface area contributed by atoms with Crippen LogP contribution in [0.25, 0.3) is 0 Å². The lowest BCUT2D eigenvalue weighted by Crippen LogP contribution is -2.64. The third-order valence-corrected chi connectivity index (χ3v) is 13.9. The van der Waals surface area contributed by atoms with E-state index in [4.69, 9.17) is 23.3 Å². The van der Waals surface area contributed by atoms with E-state index >= 15 is 0 Å². The van der Waals surface area contributed by atoms with Crippen LogP contribution in [0.15, 0.2) is 5.16 Å². The van der Waals surface area contributed by atoms with E-state index < -0.39 is 25.0 Å². The zero-order valence-corrected chi connectivity index (χ0v) is 30.6. The number of nitrogens with zero attached hydrogens (tertiary/aromatic N) is 1. The molecule has 0 heterocycles. The lowest BCUT2D eigenvalue weighted by atomic mass is 9.43. The zero-order chi connectivity index (χ0) is 29.2. The first kappa shape index (κ1) is 31.9. The lowest BCUT2D eigenvalue weighted by molar-refractivity contribution is -0.144. The molecule has 0 aliphatic heterocycles. The van der Waals surface area contributed by atoms with Crippen LogP contribution in [0.5, 0.6) is 0 Å². The van der Waals surface area contributed by atoms with Crippen molar-refractivity contribution >= 4 is 30.7 Å². The second-order valence-corrected chi connectivity index (χ2v) is 30.4. The van der Waals surface area contributed by atoms with Crippen molar-refractivity contribution in [2.75, 3.05) is 7.11 Å². The SMILES string of the molecule is CON=C1CC2(C)C(C(C)O[Si](C)(C)C)CCC2C2CCC3CC(O[Si](C)(C)C)CC(O[Si](C)(C)C)C3(C)C12. The number of fused-ring (bicyclic) bond motifs is 5. The fourth-order valence-electron chi connectivity index (χ4n) is 9.94. The van der Waals surface area contributed by atoms with Crippen molar-refractivity contribution in [2.45, 2.75) is 143 Å². The standard InChI is InChI=1S/C31H61NO4Si3/c1-21(34-37(5,6)7)25-16-17-26-24-15-14-22-18-23(35-38(8,9)10)19-28(36-39(11,12)13)31(22,3)29(24)27(32-33-4)20-30(25,26)2/h21-26,28-29H,14-20H2,1-13H3. The van der Waals surface area contributed by atoms with Gasteiger partial charge in [0.25, 0.3) is 0 Å². The van der Waals surface area contributed by atoms with Crippen LogP contribution in [0, 0.1) is 40.4 Å². The Hall–Kier alpha value is 0.000649. The van der Waals surface area contributed by atoms with Crippen LogP contribution < -0.4 is 0 Å². The summed E-state index contributed by atoms with van der Waals surface area (Å²) in [6, 6.07) is 0. The molecular weight excluding hydrogens is 535 g/mol. The molecule has 0 bridgehead atoms. The topological polar surface area (TPSA) is 49.3 Å². The van der Waals surface area contributed by atoms with E-state index in [9.17, 15) is 0 Å². The minimum absolute atomic E-state index is 0.0692. The van der Waals surface area contributed by atoms with Gasteiger partial charge in [-0.25, -0.2) is 0 Å². The van der Waals surface area contributed by atoms with Crippen molar-refractivity contribution in [1.29, 1.82) is 0 Å². The van der Waals surface area contributed by atoms with E-state index in [-0.39, 0.29) is 16.9 Å². The van der Waals surface area contributed by atoms with Gasteiger partial charge in [0, 0.05) is 23.5 Å². The van der Waals surface area contributed by atoms with Crippen LogP contribution >= 0.6 is 0 Å².